The van der Waals surface area contributed by atoms with E-state index in [1.165, 1.54) is 0 Å². The van der Waals surface area contributed by atoms with Crippen molar-refractivity contribution >= 4 is 13.3 Å². The lowest BCUT2D eigenvalue weighted by Crippen LogP contribution is -2.06. The number of benzene rings is 1. The van der Waals surface area contributed by atoms with Crippen LogP contribution in [0.2, 0.25) is 0 Å². The lowest BCUT2D eigenvalue weighted by atomic mass is 9.94. The van der Waals surface area contributed by atoms with Crippen molar-refractivity contribution in [3.05, 3.63) is 17.7 Å². The molecule has 1 rings (SSSR count). The summed E-state index contributed by atoms with van der Waals surface area (Å²) < 4.78 is 24.8. The number of halogens is 2. The van der Waals surface area contributed by atoms with Crippen LogP contribution >= 0.6 is 0 Å². The molecule has 56 valence electrons. The standard InChI is InChI=1S/C6H3BF2O2/c7-2-1-3(8)6(11)4(9)5(2)10/h1,10-11H. The van der Waals surface area contributed by atoms with E-state index in [0.717, 1.165) is 0 Å². The highest BCUT2D eigenvalue weighted by molar-refractivity contribution is 6.34. The Morgan fingerprint density at radius 2 is 1.73 bits per heavy atom. The molecule has 0 fully saturated rings. The van der Waals surface area contributed by atoms with Gasteiger partial charge in [0.2, 0.25) is 5.82 Å². The summed E-state index contributed by atoms with van der Waals surface area (Å²) in [6.07, 6.45) is 0. The molecule has 11 heavy (non-hydrogen) atoms. The summed E-state index contributed by atoms with van der Waals surface area (Å²) in [5.41, 5.74) is -0.446. The zero-order valence-electron chi connectivity index (χ0n) is 5.31. The molecule has 1 aromatic carbocycles. The Kier molecular flexibility index (Phi) is 1.72. The molecule has 0 heterocycles. The lowest BCUT2D eigenvalue weighted by Gasteiger charge is -2.02. The summed E-state index contributed by atoms with van der Waals surface area (Å²) in [5.74, 6) is -4.80. The van der Waals surface area contributed by atoms with Gasteiger partial charge in [0.1, 0.15) is 13.6 Å². The van der Waals surface area contributed by atoms with E-state index in [9.17, 15) is 8.78 Å². The van der Waals surface area contributed by atoms with E-state index >= 15 is 0 Å². The van der Waals surface area contributed by atoms with Crippen LogP contribution in [-0.4, -0.2) is 18.1 Å². The van der Waals surface area contributed by atoms with Gasteiger partial charge in [0.05, 0.1) is 0 Å². The molecule has 2 radical (unpaired) electrons. The maximum atomic E-state index is 12.4. The first-order valence-electron chi connectivity index (χ1n) is 2.69. The minimum absolute atomic E-state index is 0.446. The van der Waals surface area contributed by atoms with Crippen LogP contribution in [0.25, 0.3) is 0 Å². The Labute approximate surface area is 62.5 Å². The van der Waals surface area contributed by atoms with Crippen molar-refractivity contribution in [1.29, 1.82) is 0 Å². The zero-order valence-corrected chi connectivity index (χ0v) is 5.31. The highest BCUT2D eigenvalue weighted by Gasteiger charge is 2.13. The van der Waals surface area contributed by atoms with Gasteiger partial charge in [0.25, 0.3) is 0 Å². The van der Waals surface area contributed by atoms with Gasteiger partial charge < -0.3 is 10.2 Å². The molecule has 0 aliphatic rings. The third-order valence-corrected chi connectivity index (χ3v) is 1.20. The molecule has 0 amide bonds. The number of rotatable bonds is 0. The van der Waals surface area contributed by atoms with Gasteiger partial charge in [-0.15, -0.1) is 0 Å². The lowest BCUT2D eigenvalue weighted by molar-refractivity contribution is 0.369. The van der Waals surface area contributed by atoms with Crippen LogP contribution in [0.1, 0.15) is 0 Å². The molecule has 2 N–H and O–H groups in total. The minimum atomic E-state index is -1.44. The van der Waals surface area contributed by atoms with Crippen molar-refractivity contribution in [3.8, 4) is 11.5 Å². The predicted octanol–water partition coefficient (Wildman–Crippen LogP) is 0.170. The summed E-state index contributed by atoms with van der Waals surface area (Å²) in [7, 11) is 4.95. The molecule has 0 spiro atoms. The maximum absolute atomic E-state index is 12.4. The van der Waals surface area contributed by atoms with Crippen LogP contribution in [0.5, 0.6) is 11.5 Å². The average Bonchev–Trinajstić information content (AvgIpc) is 1.97. The molecular formula is C6H3BF2O2. The Morgan fingerprint density at radius 1 is 1.18 bits per heavy atom. The Morgan fingerprint density at radius 3 is 2.27 bits per heavy atom. The largest absolute Gasteiger partial charge is 0.505 e. The second-order valence-electron chi connectivity index (χ2n) is 1.96. The third-order valence-electron chi connectivity index (χ3n) is 1.20. The first kappa shape index (κ1) is 7.85. The van der Waals surface area contributed by atoms with Gasteiger partial charge in [-0.3, -0.25) is 0 Å². The highest BCUT2D eigenvalue weighted by atomic mass is 19.1. The first-order chi connectivity index (χ1) is 5.04. The van der Waals surface area contributed by atoms with Crippen LogP contribution in [0.3, 0.4) is 0 Å². The molecule has 1 aromatic rings. The zero-order chi connectivity index (χ0) is 8.59. The van der Waals surface area contributed by atoms with E-state index in [1.807, 2.05) is 0 Å². The van der Waals surface area contributed by atoms with Crippen molar-refractivity contribution in [3.63, 3.8) is 0 Å². The molecule has 0 aromatic heterocycles. The summed E-state index contributed by atoms with van der Waals surface area (Å²) in [5, 5.41) is 17.2. The van der Waals surface area contributed by atoms with E-state index in [1.54, 1.807) is 0 Å². The second-order valence-corrected chi connectivity index (χ2v) is 1.96. The van der Waals surface area contributed by atoms with Gasteiger partial charge in [-0.1, -0.05) is 0 Å². The molecule has 0 aliphatic heterocycles. The van der Waals surface area contributed by atoms with Crippen molar-refractivity contribution in [2.24, 2.45) is 0 Å². The molecule has 0 unspecified atom stereocenters. The van der Waals surface area contributed by atoms with Crippen LogP contribution in [0, 0.1) is 11.6 Å². The quantitative estimate of drug-likeness (QED) is 0.525. The summed E-state index contributed by atoms with van der Waals surface area (Å²) in [4.78, 5) is 0. The smallest absolute Gasteiger partial charge is 0.208 e. The third kappa shape index (κ3) is 1.13. The number of aromatic hydroxyl groups is 2. The minimum Gasteiger partial charge on any atom is -0.505 e. The number of hydrogen-bond acceptors (Lipinski definition) is 2. The van der Waals surface area contributed by atoms with Crippen molar-refractivity contribution in [2.45, 2.75) is 0 Å². The number of phenols is 2. The highest BCUT2D eigenvalue weighted by Crippen LogP contribution is 2.24. The SMILES string of the molecule is [B]c1cc(F)c(O)c(F)c1O. The fraction of sp³-hybridized carbons (Fsp3) is 0. The molecule has 0 bridgehead atoms. The Bertz CT molecular complexity index is 275. The number of phenolic OH excluding ortho intramolecular Hbond substituents is 2. The van der Waals surface area contributed by atoms with Gasteiger partial charge in [-0.2, -0.15) is 4.39 Å². The van der Waals surface area contributed by atoms with E-state index in [4.69, 9.17) is 18.1 Å². The van der Waals surface area contributed by atoms with Gasteiger partial charge in [0, 0.05) is 0 Å². The predicted molar refractivity (Wildman–Crippen MR) is 35.1 cm³/mol. The second kappa shape index (κ2) is 2.41. The van der Waals surface area contributed by atoms with Crippen LogP contribution in [0.15, 0.2) is 6.07 Å². The van der Waals surface area contributed by atoms with Gasteiger partial charge in [-0.05, 0) is 11.5 Å². The molecule has 5 heteroatoms. The van der Waals surface area contributed by atoms with Gasteiger partial charge >= 0.3 is 0 Å². The van der Waals surface area contributed by atoms with Gasteiger partial charge in [0.15, 0.2) is 11.6 Å². The fourth-order valence-corrected chi connectivity index (χ4v) is 0.617. The van der Waals surface area contributed by atoms with Crippen LogP contribution in [0.4, 0.5) is 8.78 Å². The van der Waals surface area contributed by atoms with E-state index in [-0.39, 0.29) is 0 Å². The van der Waals surface area contributed by atoms with Crippen LogP contribution < -0.4 is 5.46 Å². The molecule has 0 aliphatic carbocycles. The average molecular weight is 156 g/mol. The summed E-state index contributed by atoms with van der Waals surface area (Å²) in [6.45, 7) is 0. The van der Waals surface area contributed by atoms with E-state index in [0.29, 0.717) is 6.07 Å². The first-order valence-corrected chi connectivity index (χ1v) is 2.69. The molecule has 2 nitrogen and oxygen atoms in total. The Balaban J connectivity index is 3.46. The summed E-state index contributed by atoms with van der Waals surface area (Å²) >= 11 is 0. The van der Waals surface area contributed by atoms with Crippen molar-refractivity contribution in [1.82, 2.24) is 0 Å². The monoisotopic (exact) mass is 156 g/mol. The molecule has 0 atom stereocenters. The van der Waals surface area contributed by atoms with Gasteiger partial charge in [-0.25, -0.2) is 4.39 Å². The van der Waals surface area contributed by atoms with E-state index < -0.39 is 28.6 Å². The summed E-state index contributed by atoms with van der Waals surface area (Å²) in [6, 6.07) is 0.633. The van der Waals surface area contributed by atoms with Crippen molar-refractivity contribution in [2.75, 3.05) is 0 Å². The molecule has 0 saturated carbocycles. The topological polar surface area (TPSA) is 40.5 Å². The number of hydrogen-bond donors (Lipinski definition) is 2. The van der Waals surface area contributed by atoms with Crippen molar-refractivity contribution < 1.29 is 19.0 Å². The van der Waals surface area contributed by atoms with E-state index in [2.05, 4.69) is 0 Å². The fourth-order valence-electron chi connectivity index (χ4n) is 0.617. The Hall–Kier alpha value is -1.26. The van der Waals surface area contributed by atoms with Crippen LogP contribution in [-0.2, 0) is 0 Å². The molecule has 0 saturated heterocycles. The normalized spacial score (nSPS) is 10.0. The maximum Gasteiger partial charge on any atom is 0.208 e. The molecular weight excluding hydrogens is 153 g/mol.